The number of methoxy groups -OCH3 is 2. The highest BCUT2D eigenvalue weighted by atomic mass is 35.5. The molecule has 0 bridgehead atoms. The van der Waals surface area contributed by atoms with E-state index in [1.54, 1.807) is 50.2 Å². The predicted molar refractivity (Wildman–Crippen MR) is 118 cm³/mol. The fourth-order valence-electron chi connectivity index (χ4n) is 2.86. The lowest BCUT2D eigenvalue weighted by molar-refractivity contribution is 0.0955. The molecule has 1 amide bonds. The van der Waals surface area contributed by atoms with E-state index < -0.39 is 0 Å². The monoisotopic (exact) mass is 422 g/mol. The van der Waals surface area contributed by atoms with Crippen molar-refractivity contribution in [1.82, 2.24) is 5.32 Å². The normalized spacial score (nSPS) is 11.9. The summed E-state index contributed by atoms with van der Waals surface area (Å²) in [5.41, 5.74) is 8.45. The van der Waals surface area contributed by atoms with E-state index in [0.717, 1.165) is 17.0 Å². The van der Waals surface area contributed by atoms with Crippen molar-refractivity contribution in [3.63, 3.8) is 0 Å². The molecule has 0 radical (unpaired) electrons. The topological polar surface area (TPSA) is 73.6 Å². The van der Waals surface area contributed by atoms with E-state index in [2.05, 4.69) is 19.2 Å². The van der Waals surface area contributed by atoms with Crippen molar-refractivity contribution in [2.45, 2.75) is 19.1 Å². The molecule has 0 saturated carbocycles. The summed E-state index contributed by atoms with van der Waals surface area (Å²) in [7, 11) is 3.11. The second-order valence-corrected chi connectivity index (χ2v) is 8.32. The predicted octanol–water partition coefficient (Wildman–Crippen LogP) is 4.80. The number of ether oxygens (including phenoxy) is 2. The molecule has 1 unspecified atom stereocenters. The summed E-state index contributed by atoms with van der Waals surface area (Å²) in [6.45, 7) is 4.85. The number of anilines is 1. The molecule has 2 rings (SSSR count). The fourth-order valence-corrected chi connectivity index (χ4v) is 4.29. The van der Waals surface area contributed by atoms with E-state index in [1.807, 2.05) is 12.1 Å². The number of hydrogen-bond acceptors (Lipinski definition) is 5. The van der Waals surface area contributed by atoms with Gasteiger partial charge in [-0.05, 0) is 47.9 Å². The molecule has 152 valence electrons. The minimum atomic E-state index is -0.148. The molecule has 0 aliphatic carbocycles. The number of halogens is 1. The van der Waals surface area contributed by atoms with E-state index in [9.17, 15) is 4.79 Å². The first-order valence-corrected chi connectivity index (χ1v) is 10.5. The minimum absolute atomic E-state index is 0.148. The number of nitrogens with one attached hydrogen (secondary N) is 1. The van der Waals surface area contributed by atoms with Gasteiger partial charge < -0.3 is 20.5 Å². The molecule has 3 N–H and O–H groups in total. The maximum Gasteiger partial charge on any atom is 0.251 e. The van der Waals surface area contributed by atoms with Crippen molar-refractivity contribution < 1.29 is 14.3 Å². The van der Waals surface area contributed by atoms with Crippen LogP contribution in [0.25, 0.3) is 0 Å². The zero-order valence-corrected chi connectivity index (χ0v) is 18.2. The Morgan fingerprint density at radius 3 is 2.50 bits per heavy atom. The lowest BCUT2D eigenvalue weighted by atomic mass is 10.0. The second kappa shape index (κ2) is 10.5. The largest absolute Gasteiger partial charge is 0.493 e. The van der Waals surface area contributed by atoms with E-state index in [1.165, 1.54) is 0 Å². The molecule has 2 aromatic carbocycles. The Labute approximate surface area is 175 Å². The third-order valence-corrected chi connectivity index (χ3v) is 6.12. The van der Waals surface area contributed by atoms with Crippen molar-refractivity contribution >= 4 is 35.0 Å². The van der Waals surface area contributed by atoms with Crippen LogP contribution in [0.1, 0.15) is 35.0 Å². The molecule has 0 spiro atoms. The average Bonchev–Trinajstić information content (AvgIpc) is 2.69. The van der Waals surface area contributed by atoms with Crippen LogP contribution >= 0.6 is 23.4 Å². The summed E-state index contributed by atoms with van der Waals surface area (Å²) in [4.78, 5) is 12.4. The Balaban J connectivity index is 1.95. The van der Waals surface area contributed by atoms with Gasteiger partial charge in [0.1, 0.15) is 0 Å². The summed E-state index contributed by atoms with van der Waals surface area (Å²) in [6.07, 6.45) is 0. The molecule has 7 heteroatoms. The minimum Gasteiger partial charge on any atom is -0.493 e. The van der Waals surface area contributed by atoms with Gasteiger partial charge in [0.05, 0.1) is 14.2 Å². The zero-order valence-electron chi connectivity index (χ0n) is 16.6. The fraction of sp³-hybridized carbons (Fsp3) is 0.381. The van der Waals surface area contributed by atoms with Gasteiger partial charge in [0.15, 0.2) is 11.5 Å². The molecule has 0 aliphatic rings. The number of thioether (sulfide) groups is 1. The van der Waals surface area contributed by atoms with Gasteiger partial charge >= 0.3 is 0 Å². The van der Waals surface area contributed by atoms with Crippen LogP contribution in [0.4, 0.5) is 5.69 Å². The quantitative estimate of drug-likeness (QED) is 0.448. The van der Waals surface area contributed by atoms with Gasteiger partial charge in [-0.2, -0.15) is 11.8 Å². The van der Waals surface area contributed by atoms with Gasteiger partial charge in [-0.1, -0.05) is 25.4 Å². The first kappa shape index (κ1) is 22.2. The third kappa shape index (κ3) is 5.72. The van der Waals surface area contributed by atoms with E-state index >= 15 is 0 Å². The summed E-state index contributed by atoms with van der Waals surface area (Å²) in [6, 6.07) is 10.7. The number of amides is 1. The van der Waals surface area contributed by atoms with E-state index in [4.69, 9.17) is 26.8 Å². The van der Waals surface area contributed by atoms with Gasteiger partial charge in [-0.15, -0.1) is 0 Å². The zero-order chi connectivity index (χ0) is 20.7. The summed E-state index contributed by atoms with van der Waals surface area (Å²) in [5, 5.41) is 3.83. The molecule has 0 saturated heterocycles. The number of benzene rings is 2. The molecule has 2 aromatic rings. The number of hydrogen-bond donors (Lipinski definition) is 2. The van der Waals surface area contributed by atoms with Crippen LogP contribution in [0.15, 0.2) is 36.4 Å². The van der Waals surface area contributed by atoms with Crippen LogP contribution in [0, 0.1) is 5.92 Å². The molecule has 0 fully saturated rings. The molecule has 0 heterocycles. The van der Waals surface area contributed by atoms with Crippen LogP contribution in [-0.2, 0) is 0 Å². The van der Waals surface area contributed by atoms with Crippen molar-refractivity contribution in [3.8, 4) is 11.5 Å². The van der Waals surface area contributed by atoms with E-state index in [0.29, 0.717) is 34.5 Å². The average molecular weight is 423 g/mol. The number of nitrogens with two attached hydrogens (primary N) is 1. The molecule has 1 atom stereocenters. The van der Waals surface area contributed by atoms with Gasteiger partial charge in [-0.3, -0.25) is 4.79 Å². The van der Waals surface area contributed by atoms with E-state index in [-0.39, 0.29) is 11.2 Å². The highest BCUT2D eigenvalue weighted by Gasteiger charge is 2.19. The Bertz CT molecular complexity index is 814. The molecule has 28 heavy (non-hydrogen) atoms. The standard InChI is InChI=1S/C21H27ClN2O3S/c1-13(2)20(16-12-15(22)6-7-17(16)23)28-10-9-24-21(25)14-5-8-18(26-3)19(11-14)27-4/h5-8,11-13,20H,9-10,23H2,1-4H3,(H,24,25). The Morgan fingerprint density at radius 2 is 1.86 bits per heavy atom. The van der Waals surface area contributed by atoms with Gasteiger partial charge in [-0.25, -0.2) is 0 Å². The highest BCUT2D eigenvalue weighted by molar-refractivity contribution is 7.99. The van der Waals surface area contributed by atoms with Crippen molar-refractivity contribution in [3.05, 3.63) is 52.5 Å². The van der Waals surface area contributed by atoms with Gasteiger partial charge in [0.2, 0.25) is 0 Å². The highest BCUT2D eigenvalue weighted by Crippen LogP contribution is 2.39. The lowest BCUT2D eigenvalue weighted by Gasteiger charge is -2.23. The van der Waals surface area contributed by atoms with Crippen molar-refractivity contribution in [1.29, 1.82) is 0 Å². The van der Waals surface area contributed by atoms with Crippen LogP contribution in [0.3, 0.4) is 0 Å². The lowest BCUT2D eigenvalue weighted by Crippen LogP contribution is -2.26. The first-order chi connectivity index (χ1) is 13.4. The number of rotatable bonds is 9. The summed E-state index contributed by atoms with van der Waals surface area (Å²) < 4.78 is 10.4. The van der Waals surface area contributed by atoms with Gasteiger partial charge in [0, 0.05) is 33.8 Å². The Morgan fingerprint density at radius 1 is 1.14 bits per heavy atom. The SMILES string of the molecule is COc1ccc(C(=O)NCCSC(c2cc(Cl)ccc2N)C(C)C)cc1OC. The second-order valence-electron chi connectivity index (χ2n) is 6.63. The molecule has 0 aliphatic heterocycles. The van der Waals surface area contributed by atoms with Crippen LogP contribution in [0.2, 0.25) is 5.02 Å². The number of nitrogen functional groups attached to an aromatic ring is 1. The van der Waals surface area contributed by atoms with Crippen molar-refractivity contribution in [2.75, 3.05) is 32.3 Å². The first-order valence-electron chi connectivity index (χ1n) is 9.04. The Kier molecular flexibility index (Phi) is 8.33. The molecule has 5 nitrogen and oxygen atoms in total. The summed E-state index contributed by atoms with van der Waals surface area (Å²) in [5.74, 6) is 2.11. The maximum atomic E-state index is 12.4. The number of carbonyl (C=O) groups excluding carboxylic acids is 1. The Hall–Kier alpha value is -2.05. The number of carbonyl (C=O) groups is 1. The van der Waals surface area contributed by atoms with Crippen LogP contribution < -0.4 is 20.5 Å². The van der Waals surface area contributed by atoms with Crippen LogP contribution in [0.5, 0.6) is 11.5 Å². The summed E-state index contributed by atoms with van der Waals surface area (Å²) >= 11 is 7.90. The van der Waals surface area contributed by atoms with Crippen LogP contribution in [-0.4, -0.2) is 32.4 Å². The smallest absolute Gasteiger partial charge is 0.251 e. The van der Waals surface area contributed by atoms with Crippen molar-refractivity contribution in [2.24, 2.45) is 5.92 Å². The maximum absolute atomic E-state index is 12.4. The molecular weight excluding hydrogens is 396 g/mol. The third-order valence-electron chi connectivity index (χ3n) is 4.29. The van der Waals surface area contributed by atoms with Gasteiger partial charge in [0.25, 0.3) is 5.91 Å². The molecule has 0 aromatic heterocycles. The molecular formula is C21H27ClN2O3S.